The summed E-state index contributed by atoms with van der Waals surface area (Å²) in [6, 6.07) is 4.71. The molecule has 2 aliphatic heterocycles. The fourth-order valence-electron chi connectivity index (χ4n) is 4.14. The van der Waals surface area contributed by atoms with Gasteiger partial charge >= 0.3 is 0 Å². The summed E-state index contributed by atoms with van der Waals surface area (Å²) in [5.41, 5.74) is 0. The number of nitrogens with one attached hydrogen (secondary N) is 2. The third-order valence-corrected chi connectivity index (χ3v) is 6.96. The molecule has 2 saturated heterocycles. The summed E-state index contributed by atoms with van der Waals surface area (Å²) < 4.78 is 0. The predicted molar refractivity (Wildman–Crippen MR) is 121 cm³/mol. The molecule has 0 aromatic carbocycles. The van der Waals surface area contributed by atoms with Gasteiger partial charge in [0.05, 0.1) is 12.6 Å². The van der Waals surface area contributed by atoms with E-state index in [1.807, 2.05) is 16.2 Å². The fraction of sp³-hybridized carbons (Fsp3) is 0.727. The number of piperidine rings is 1. The summed E-state index contributed by atoms with van der Waals surface area (Å²) in [5, 5.41) is 8.86. The van der Waals surface area contributed by atoms with Crippen LogP contribution in [0.25, 0.3) is 0 Å². The Morgan fingerprint density at radius 3 is 2.66 bits per heavy atom. The Labute approximate surface area is 179 Å². The topological polar surface area (TPSA) is 60.0 Å². The lowest BCUT2D eigenvalue weighted by molar-refractivity contribution is -0.129. The zero-order valence-electron chi connectivity index (χ0n) is 18.0. The van der Waals surface area contributed by atoms with Gasteiger partial charge in [0.25, 0.3) is 0 Å². The summed E-state index contributed by atoms with van der Waals surface area (Å²) in [6.07, 6.45) is 5.35. The Hall–Kier alpha value is -1.60. The van der Waals surface area contributed by atoms with Gasteiger partial charge in [0.15, 0.2) is 5.96 Å². The Kier molecular flexibility index (Phi) is 8.80. The number of likely N-dealkylation sites (tertiary alicyclic amines) is 2. The van der Waals surface area contributed by atoms with Crippen molar-refractivity contribution in [1.82, 2.24) is 20.4 Å². The molecule has 7 heteroatoms. The third-order valence-electron chi connectivity index (χ3n) is 5.99. The molecular formula is C22H37N5OS. The SMILES string of the molecule is CCNC(=NCC(c1cccs1)N1CCC(C)CC1)NCCC(=O)N1CCCC1. The maximum absolute atomic E-state index is 12.3. The van der Waals surface area contributed by atoms with E-state index in [4.69, 9.17) is 4.99 Å². The number of guanidine groups is 1. The lowest BCUT2D eigenvalue weighted by Gasteiger charge is -2.35. The number of thiophene rings is 1. The fourth-order valence-corrected chi connectivity index (χ4v) is 4.99. The molecular weight excluding hydrogens is 382 g/mol. The van der Waals surface area contributed by atoms with Crippen molar-refractivity contribution in [2.45, 2.75) is 52.0 Å². The molecule has 6 nitrogen and oxygen atoms in total. The molecule has 0 bridgehead atoms. The van der Waals surface area contributed by atoms with Crippen molar-refractivity contribution < 1.29 is 4.79 Å². The number of nitrogens with zero attached hydrogens (tertiary/aromatic N) is 3. The molecule has 0 aliphatic carbocycles. The highest BCUT2D eigenvalue weighted by Gasteiger charge is 2.25. The monoisotopic (exact) mass is 419 g/mol. The van der Waals surface area contributed by atoms with E-state index in [0.717, 1.165) is 64.0 Å². The molecule has 29 heavy (non-hydrogen) atoms. The molecule has 2 aliphatic rings. The summed E-state index contributed by atoms with van der Waals surface area (Å²) in [6.45, 7) is 10.8. The average Bonchev–Trinajstić information content (AvgIpc) is 3.44. The van der Waals surface area contributed by atoms with Crippen molar-refractivity contribution in [2.75, 3.05) is 45.8 Å². The maximum atomic E-state index is 12.3. The normalized spacial score (nSPS) is 20.1. The van der Waals surface area contributed by atoms with Crippen LogP contribution < -0.4 is 10.6 Å². The second-order valence-corrected chi connectivity index (χ2v) is 9.21. The Bertz CT molecular complexity index is 634. The van der Waals surface area contributed by atoms with Gasteiger partial charge in [-0.3, -0.25) is 14.7 Å². The minimum absolute atomic E-state index is 0.254. The van der Waals surface area contributed by atoms with E-state index < -0.39 is 0 Å². The van der Waals surface area contributed by atoms with Gasteiger partial charge in [-0.05, 0) is 63.1 Å². The van der Waals surface area contributed by atoms with E-state index in [0.29, 0.717) is 19.0 Å². The van der Waals surface area contributed by atoms with Crippen molar-refractivity contribution in [1.29, 1.82) is 0 Å². The number of carbonyl (C=O) groups excluding carboxylic acids is 1. The molecule has 0 radical (unpaired) electrons. The first-order chi connectivity index (χ1) is 14.2. The predicted octanol–water partition coefficient (Wildman–Crippen LogP) is 3.09. The highest BCUT2D eigenvalue weighted by molar-refractivity contribution is 7.10. The highest BCUT2D eigenvalue weighted by Crippen LogP contribution is 2.29. The standard InChI is InChI=1S/C22H37N5OS/c1-3-23-22(24-11-8-21(28)27-12-4-5-13-27)25-17-19(20-7-6-16-29-20)26-14-9-18(2)10-15-26/h6-7,16,18-19H,3-5,8-15,17H2,1-2H3,(H2,23,24,25). The van der Waals surface area contributed by atoms with E-state index in [9.17, 15) is 4.79 Å². The van der Waals surface area contributed by atoms with Gasteiger partial charge in [-0.25, -0.2) is 0 Å². The number of hydrogen-bond donors (Lipinski definition) is 2. The van der Waals surface area contributed by atoms with Gasteiger partial charge in [-0.1, -0.05) is 13.0 Å². The first kappa shape index (κ1) is 22.1. The molecule has 1 aromatic heterocycles. The molecule has 0 saturated carbocycles. The van der Waals surface area contributed by atoms with E-state index in [2.05, 4.69) is 46.9 Å². The number of amides is 1. The summed E-state index contributed by atoms with van der Waals surface area (Å²) in [4.78, 5) is 23.1. The lowest BCUT2D eigenvalue weighted by Crippen LogP contribution is -2.41. The summed E-state index contributed by atoms with van der Waals surface area (Å²) >= 11 is 1.82. The highest BCUT2D eigenvalue weighted by atomic mass is 32.1. The van der Waals surface area contributed by atoms with Crippen LogP contribution in [0.2, 0.25) is 0 Å². The second-order valence-electron chi connectivity index (χ2n) is 8.23. The van der Waals surface area contributed by atoms with Crippen LogP contribution >= 0.6 is 11.3 Å². The molecule has 1 amide bonds. The molecule has 1 aromatic rings. The van der Waals surface area contributed by atoms with Crippen LogP contribution in [-0.2, 0) is 4.79 Å². The van der Waals surface area contributed by atoms with Gasteiger partial charge < -0.3 is 15.5 Å². The smallest absolute Gasteiger partial charge is 0.224 e. The van der Waals surface area contributed by atoms with Crippen LogP contribution in [0.5, 0.6) is 0 Å². The van der Waals surface area contributed by atoms with Crippen molar-refractivity contribution in [3.63, 3.8) is 0 Å². The summed E-state index contributed by atoms with van der Waals surface area (Å²) in [7, 11) is 0. The number of hydrogen-bond acceptors (Lipinski definition) is 4. The summed E-state index contributed by atoms with van der Waals surface area (Å²) in [5.74, 6) is 1.89. The molecule has 0 spiro atoms. The van der Waals surface area contributed by atoms with Gasteiger partial charge in [0.2, 0.25) is 5.91 Å². The van der Waals surface area contributed by atoms with Crippen LogP contribution in [-0.4, -0.2) is 67.5 Å². The lowest BCUT2D eigenvalue weighted by atomic mass is 9.97. The van der Waals surface area contributed by atoms with Crippen molar-refractivity contribution >= 4 is 23.2 Å². The number of rotatable bonds is 8. The number of carbonyl (C=O) groups is 1. The van der Waals surface area contributed by atoms with Gasteiger partial charge in [-0.2, -0.15) is 0 Å². The Morgan fingerprint density at radius 2 is 2.00 bits per heavy atom. The van der Waals surface area contributed by atoms with E-state index >= 15 is 0 Å². The zero-order valence-corrected chi connectivity index (χ0v) is 18.8. The molecule has 2 N–H and O–H groups in total. The largest absolute Gasteiger partial charge is 0.357 e. The third kappa shape index (κ3) is 6.71. The van der Waals surface area contributed by atoms with Gasteiger partial charge in [0, 0.05) is 37.5 Å². The van der Waals surface area contributed by atoms with Crippen LogP contribution in [0.1, 0.15) is 56.9 Å². The maximum Gasteiger partial charge on any atom is 0.224 e. The van der Waals surface area contributed by atoms with Gasteiger partial charge in [0.1, 0.15) is 0 Å². The Balaban J connectivity index is 1.56. The average molecular weight is 420 g/mol. The number of aliphatic imine (C=N–C) groups is 1. The minimum Gasteiger partial charge on any atom is -0.357 e. The van der Waals surface area contributed by atoms with E-state index in [1.165, 1.54) is 17.7 Å². The van der Waals surface area contributed by atoms with Crippen LogP contribution in [0, 0.1) is 5.92 Å². The van der Waals surface area contributed by atoms with Crippen molar-refractivity contribution in [2.24, 2.45) is 10.9 Å². The Morgan fingerprint density at radius 1 is 1.24 bits per heavy atom. The minimum atomic E-state index is 0.254. The molecule has 3 rings (SSSR count). The van der Waals surface area contributed by atoms with Crippen molar-refractivity contribution in [3.8, 4) is 0 Å². The van der Waals surface area contributed by atoms with E-state index in [1.54, 1.807) is 0 Å². The first-order valence-corrected chi connectivity index (χ1v) is 12.1. The quantitative estimate of drug-likeness (QED) is 0.502. The van der Waals surface area contributed by atoms with E-state index in [-0.39, 0.29) is 5.91 Å². The molecule has 1 atom stereocenters. The molecule has 3 heterocycles. The van der Waals surface area contributed by atoms with Gasteiger partial charge in [-0.15, -0.1) is 11.3 Å². The zero-order chi connectivity index (χ0) is 20.5. The van der Waals surface area contributed by atoms with Crippen molar-refractivity contribution in [3.05, 3.63) is 22.4 Å². The first-order valence-electron chi connectivity index (χ1n) is 11.2. The second kappa shape index (κ2) is 11.6. The van der Waals surface area contributed by atoms with Crippen LogP contribution in [0.15, 0.2) is 22.5 Å². The molecule has 2 fully saturated rings. The van der Waals surface area contributed by atoms with Crippen LogP contribution in [0.3, 0.4) is 0 Å². The van der Waals surface area contributed by atoms with Crippen LogP contribution in [0.4, 0.5) is 0 Å². The molecule has 162 valence electrons. The molecule has 1 unspecified atom stereocenters.